The van der Waals surface area contributed by atoms with E-state index in [1.54, 1.807) is 30.3 Å². The molecule has 0 radical (unpaired) electrons. The molecule has 0 saturated heterocycles. The van der Waals surface area contributed by atoms with E-state index in [4.69, 9.17) is 4.74 Å². The standard InChI is InChI=1S/C14H14O4/c1-11(2)13(17)18-10-14(8-15,9-16)12-6-4-3-5-7-12/h3-9H,1,10H2,2H3. The number of benzene rings is 1. The van der Waals surface area contributed by atoms with Gasteiger partial charge in [0, 0.05) is 5.57 Å². The molecule has 4 heteroatoms. The third kappa shape index (κ3) is 2.91. The van der Waals surface area contributed by atoms with Gasteiger partial charge in [0.25, 0.3) is 0 Å². The van der Waals surface area contributed by atoms with E-state index < -0.39 is 11.4 Å². The molecule has 0 unspecified atom stereocenters. The molecule has 0 aliphatic heterocycles. The quantitative estimate of drug-likeness (QED) is 0.330. The van der Waals surface area contributed by atoms with Gasteiger partial charge in [0.05, 0.1) is 0 Å². The Balaban J connectivity index is 2.95. The van der Waals surface area contributed by atoms with Gasteiger partial charge in [0.15, 0.2) is 0 Å². The van der Waals surface area contributed by atoms with E-state index in [2.05, 4.69) is 6.58 Å². The molecule has 0 fully saturated rings. The van der Waals surface area contributed by atoms with Crippen molar-refractivity contribution in [2.45, 2.75) is 12.3 Å². The van der Waals surface area contributed by atoms with Gasteiger partial charge in [-0.15, -0.1) is 0 Å². The second-order valence-electron chi connectivity index (χ2n) is 4.00. The smallest absolute Gasteiger partial charge is 0.333 e. The molecule has 0 spiro atoms. The summed E-state index contributed by atoms with van der Waals surface area (Å²) >= 11 is 0. The molecule has 1 aromatic rings. The summed E-state index contributed by atoms with van der Waals surface area (Å²) in [4.78, 5) is 33.7. The summed E-state index contributed by atoms with van der Waals surface area (Å²) in [6.07, 6.45) is 0.974. The molecule has 1 aromatic carbocycles. The molecule has 18 heavy (non-hydrogen) atoms. The van der Waals surface area contributed by atoms with Gasteiger partial charge in [0.1, 0.15) is 24.6 Å². The van der Waals surface area contributed by atoms with Crippen LogP contribution in [0.4, 0.5) is 0 Å². The molecule has 0 N–H and O–H groups in total. The fourth-order valence-corrected chi connectivity index (χ4v) is 1.37. The molecule has 0 aliphatic carbocycles. The Labute approximate surface area is 105 Å². The number of esters is 1. The first-order chi connectivity index (χ1) is 8.55. The molecule has 0 bridgehead atoms. The summed E-state index contributed by atoms with van der Waals surface area (Å²) in [5, 5.41) is 0. The van der Waals surface area contributed by atoms with Gasteiger partial charge in [-0.1, -0.05) is 36.9 Å². The van der Waals surface area contributed by atoms with Crippen LogP contribution in [0, 0.1) is 0 Å². The van der Waals surface area contributed by atoms with Crippen LogP contribution in [-0.4, -0.2) is 25.1 Å². The van der Waals surface area contributed by atoms with Crippen molar-refractivity contribution in [3.8, 4) is 0 Å². The van der Waals surface area contributed by atoms with Crippen LogP contribution in [0.2, 0.25) is 0 Å². The molecule has 0 atom stereocenters. The lowest BCUT2D eigenvalue weighted by Crippen LogP contribution is -2.36. The van der Waals surface area contributed by atoms with Crippen LogP contribution in [0.1, 0.15) is 12.5 Å². The van der Waals surface area contributed by atoms with Crippen LogP contribution in [-0.2, 0) is 24.5 Å². The second-order valence-corrected chi connectivity index (χ2v) is 4.00. The summed E-state index contributed by atoms with van der Waals surface area (Å²) in [6.45, 7) is 4.60. The first kappa shape index (κ1) is 13.8. The molecule has 0 aromatic heterocycles. The fraction of sp³-hybridized carbons (Fsp3) is 0.214. The summed E-state index contributed by atoms with van der Waals surface area (Å²) in [5.41, 5.74) is -0.745. The number of aldehydes is 2. The third-order valence-electron chi connectivity index (χ3n) is 2.52. The highest BCUT2D eigenvalue weighted by molar-refractivity contribution is 5.93. The minimum atomic E-state index is -1.45. The molecular weight excluding hydrogens is 232 g/mol. The third-order valence-corrected chi connectivity index (χ3v) is 2.52. The predicted molar refractivity (Wildman–Crippen MR) is 66.0 cm³/mol. The molecule has 94 valence electrons. The van der Waals surface area contributed by atoms with E-state index in [-0.39, 0.29) is 12.2 Å². The minimum absolute atomic E-state index is 0.216. The number of carbonyl (C=O) groups excluding carboxylic acids is 3. The van der Waals surface area contributed by atoms with Crippen LogP contribution in [0.5, 0.6) is 0 Å². The first-order valence-electron chi connectivity index (χ1n) is 5.36. The number of carbonyl (C=O) groups is 3. The summed E-state index contributed by atoms with van der Waals surface area (Å²) in [5.74, 6) is -0.626. The van der Waals surface area contributed by atoms with Gasteiger partial charge >= 0.3 is 5.97 Å². The highest BCUT2D eigenvalue weighted by Gasteiger charge is 2.33. The van der Waals surface area contributed by atoms with E-state index in [0.29, 0.717) is 18.1 Å². The Kier molecular flexibility index (Phi) is 4.54. The maximum absolute atomic E-state index is 11.3. The molecule has 0 aliphatic rings. The van der Waals surface area contributed by atoms with Gasteiger partial charge in [-0.25, -0.2) is 4.79 Å². The van der Waals surface area contributed by atoms with Crippen molar-refractivity contribution >= 4 is 18.5 Å². The van der Waals surface area contributed by atoms with Crippen LogP contribution >= 0.6 is 0 Å². The van der Waals surface area contributed by atoms with E-state index in [1.165, 1.54) is 6.92 Å². The number of ether oxygens (including phenoxy) is 1. The highest BCUT2D eigenvalue weighted by Crippen LogP contribution is 2.20. The predicted octanol–water partition coefficient (Wildman–Crippen LogP) is 1.44. The number of hydrogen-bond acceptors (Lipinski definition) is 4. The van der Waals surface area contributed by atoms with Gasteiger partial charge in [-0.05, 0) is 12.5 Å². The van der Waals surface area contributed by atoms with Gasteiger partial charge in [-0.2, -0.15) is 0 Å². The summed E-state index contributed by atoms with van der Waals surface area (Å²) < 4.78 is 4.90. The molecular formula is C14H14O4. The maximum atomic E-state index is 11.3. The Morgan fingerprint density at radius 3 is 2.28 bits per heavy atom. The average Bonchev–Trinajstić information content (AvgIpc) is 2.41. The zero-order chi connectivity index (χ0) is 13.6. The average molecular weight is 246 g/mol. The number of hydrogen-bond donors (Lipinski definition) is 0. The Bertz CT molecular complexity index is 454. The normalized spacial score (nSPS) is 10.5. The lowest BCUT2D eigenvalue weighted by molar-refractivity contribution is -0.142. The summed E-state index contributed by atoms with van der Waals surface area (Å²) in [7, 11) is 0. The zero-order valence-electron chi connectivity index (χ0n) is 10.1. The van der Waals surface area contributed by atoms with Crippen molar-refractivity contribution in [1.29, 1.82) is 0 Å². The van der Waals surface area contributed by atoms with E-state index in [9.17, 15) is 14.4 Å². The topological polar surface area (TPSA) is 60.4 Å². The van der Waals surface area contributed by atoms with Crippen LogP contribution in [0.15, 0.2) is 42.5 Å². The molecule has 0 amide bonds. The van der Waals surface area contributed by atoms with Crippen molar-refractivity contribution in [1.82, 2.24) is 0 Å². The molecule has 0 heterocycles. The minimum Gasteiger partial charge on any atom is -0.460 e. The molecule has 1 rings (SSSR count). The molecule has 4 nitrogen and oxygen atoms in total. The monoisotopic (exact) mass is 246 g/mol. The van der Waals surface area contributed by atoms with E-state index in [1.807, 2.05) is 0 Å². The Morgan fingerprint density at radius 2 is 1.83 bits per heavy atom. The first-order valence-corrected chi connectivity index (χ1v) is 5.36. The summed E-state index contributed by atoms with van der Waals surface area (Å²) in [6, 6.07) is 8.45. The fourth-order valence-electron chi connectivity index (χ4n) is 1.37. The maximum Gasteiger partial charge on any atom is 0.333 e. The van der Waals surface area contributed by atoms with Gasteiger partial charge in [-0.3, -0.25) is 0 Å². The highest BCUT2D eigenvalue weighted by atomic mass is 16.5. The van der Waals surface area contributed by atoms with E-state index in [0.717, 1.165) is 0 Å². The van der Waals surface area contributed by atoms with Gasteiger partial charge < -0.3 is 14.3 Å². The van der Waals surface area contributed by atoms with Crippen molar-refractivity contribution < 1.29 is 19.1 Å². The largest absolute Gasteiger partial charge is 0.460 e. The van der Waals surface area contributed by atoms with Gasteiger partial charge in [0.2, 0.25) is 0 Å². The van der Waals surface area contributed by atoms with Crippen molar-refractivity contribution in [2.24, 2.45) is 0 Å². The Hall–Kier alpha value is -2.23. The molecule has 0 saturated carbocycles. The van der Waals surface area contributed by atoms with Crippen LogP contribution in [0.3, 0.4) is 0 Å². The SMILES string of the molecule is C=C(C)C(=O)OCC(C=O)(C=O)c1ccccc1. The van der Waals surface area contributed by atoms with E-state index >= 15 is 0 Å². The second kappa shape index (κ2) is 5.91. The lowest BCUT2D eigenvalue weighted by atomic mass is 9.84. The van der Waals surface area contributed by atoms with Crippen LogP contribution in [0.25, 0.3) is 0 Å². The Morgan fingerprint density at radius 1 is 1.28 bits per heavy atom. The lowest BCUT2D eigenvalue weighted by Gasteiger charge is -2.21. The van der Waals surface area contributed by atoms with Crippen molar-refractivity contribution in [2.75, 3.05) is 6.61 Å². The van der Waals surface area contributed by atoms with Crippen molar-refractivity contribution in [3.63, 3.8) is 0 Å². The van der Waals surface area contributed by atoms with Crippen molar-refractivity contribution in [3.05, 3.63) is 48.0 Å². The van der Waals surface area contributed by atoms with Crippen LogP contribution < -0.4 is 0 Å². The number of rotatable bonds is 6. The zero-order valence-corrected chi connectivity index (χ0v) is 10.1.